The molecule has 0 N–H and O–H groups in total. The summed E-state index contributed by atoms with van der Waals surface area (Å²) in [4.78, 5) is 0. The molecule has 0 spiro atoms. The molecule has 1 unspecified atom stereocenters. The highest BCUT2D eigenvalue weighted by Crippen LogP contribution is 2.55. The summed E-state index contributed by atoms with van der Waals surface area (Å²) >= 11 is 0. The molecule has 232 valence electrons. The molecule has 0 aliphatic heterocycles. The van der Waals surface area contributed by atoms with Crippen LogP contribution in [0.15, 0.2) is 176 Å². The van der Waals surface area contributed by atoms with E-state index < -0.39 is 0 Å². The van der Waals surface area contributed by atoms with E-state index in [0.717, 1.165) is 0 Å². The summed E-state index contributed by atoms with van der Waals surface area (Å²) in [7, 11) is 0. The molecule has 0 radical (unpaired) electrons. The van der Waals surface area contributed by atoms with Crippen LogP contribution in [0.3, 0.4) is 0 Å². The molecular formula is C50H32. The quantitative estimate of drug-likeness (QED) is 0.182. The largest absolute Gasteiger partial charge is 0.0622 e. The first kappa shape index (κ1) is 27.7. The summed E-state index contributed by atoms with van der Waals surface area (Å²) < 4.78 is 0. The number of rotatable bonds is 3. The predicted octanol–water partition coefficient (Wildman–Crippen LogP) is 13.5. The monoisotopic (exact) mass is 632 g/mol. The zero-order valence-electron chi connectivity index (χ0n) is 27.7. The number of hydrogen-bond donors (Lipinski definition) is 0. The highest BCUT2D eigenvalue weighted by molar-refractivity contribution is 6.22. The zero-order chi connectivity index (χ0) is 33.0. The molecule has 50 heavy (non-hydrogen) atoms. The maximum atomic E-state index is 2.45. The lowest BCUT2D eigenvalue weighted by molar-refractivity contribution is 0.715. The van der Waals surface area contributed by atoms with Gasteiger partial charge >= 0.3 is 0 Å². The minimum absolute atomic E-state index is 0.207. The van der Waals surface area contributed by atoms with E-state index in [1.165, 1.54) is 105 Å². The second kappa shape index (κ2) is 10.1. The molecule has 2 aliphatic rings. The normalized spacial score (nSPS) is 15.4. The fraction of sp³-hybridized carbons (Fsp3) is 0.0400. The van der Waals surface area contributed by atoms with Gasteiger partial charge < -0.3 is 0 Å². The topological polar surface area (TPSA) is 0 Å². The van der Waals surface area contributed by atoms with Crippen LogP contribution in [-0.4, -0.2) is 0 Å². The lowest BCUT2D eigenvalue weighted by Gasteiger charge is -2.28. The van der Waals surface area contributed by atoms with Gasteiger partial charge in [-0.1, -0.05) is 152 Å². The van der Waals surface area contributed by atoms with Gasteiger partial charge in [-0.25, -0.2) is 0 Å². The molecule has 0 bridgehead atoms. The minimum atomic E-state index is -0.207. The molecular weight excluding hydrogens is 601 g/mol. The Hall–Kier alpha value is -6.24. The van der Waals surface area contributed by atoms with E-state index in [9.17, 15) is 0 Å². The maximum Gasteiger partial charge on any atom is 0.0435 e. The van der Waals surface area contributed by atoms with Crippen molar-refractivity contribution < 1.29 is 0 Å². The second-order valence-corrected chi connectivity index (χ2v) is 14.2. The van der Waals surface area contributed by atoms with Crippen molar-refractivity contribution in [1.29, 1.82) is 0 Å². The van der Waals surface area contributed by atoms with Crippen molar-refractivity contribution in [3.63, 3.8) is 0 Å². The Morgan fingerprint density at radius 1 is 0.340 bits per heavy atom. The third-order valence-electron chi connectivity index (χ3n) is 11.6. The standard InChI is InChI=1S/C50H32/c1-50(38-14-3-2-4-15-38)45-20-8-7-17-40(45)43-28-35-26-25-34(27-37(35)30-46(43)50)31-21-23-33(24-22-31)48-39-16-6-5-11-36(39)29-44-41-18-9-12-32-13-10-19-42(47(32)41)49(44)48/h2-30H,1H3. The average molecular weight is 633 g/mol. The molecule has 0 amide bonds. The van der Waals surface area contributed by atoms with Crippen molar-refractivity contribution in [3.05, 3.63) is 193 Å². The van der Waals surface area contributed by atoms with E-state index >= 15 is 0 Å². The molecule has 0 saturated carbocycles. The molecule has 0 heterocycles. The van der Waals surface area contributed by atoms with Gasteiger partial charge in [0.2, 0.25) is 0 Å². The average Bonchev–Trinajstić information content (AvgIpc) is 3.63. The number of hydrogen-bond acceptors (Lipinski definition) is 0. The Balaban J connectivity index is 1.05. The van der Waals surface area contributed by atoms with Crippen LogP contribution < -0.4 is 0 Å². The maximum absolute atomic E-state index is 2.45. The van der Waals surface area contributed by atoms with E-state index in [1.807, 2.05) is 0 Å². The van der Waals surface area contributed by atoms with Gasteiger partial charge in [-0.15, -0.1) is 0 Å². The summed E-state index contributed by atoms with van der Waals surface area (Å²) in [6.45, 7) is 2.39. The first-order chi connectivity index (χ1) is 24.7. The molecule has 0 heteroatoms. The van der Waals surface area contributed by atoms with Gasteiger partial charge in [0.15, 0.2) is 0 Å². The minimum Gasteiger partial charge on any atom is -0.0622 e. The first-order valence-electron chi connectivity index (χ1n) is 17.6. The molecule has 0 saturated heterocycles. The van der Waals surface area contributed by atoms with Gasteiger partial charge in [0, 0.05) is 5.41 Å². The van der Waals surface area contributed by atoms with Gasteiger partial charge in [0.25, 0.3) is 0 Å². The number of benzene rings is 9. The summed E-state index contributed by atoms with van der Waals surface area (Å²) in [5, 5.41) is 7.80. The van der Waals surface area contributed by atoms with Gasteiger partial charge in [0.05, 0.1) is 0 Å². The smallest absolute Gasteiger partial charge is 0.0435 e. The summed E-state index contributed by atoms with van der Waals surface area (Å²) in [5.74, 6) is 0. The van der Waals surface area contributed by atoms with Crippen LogP contribution in [0.4, 0.5) is 0 Å². The zero-order valence-corrected chi connectivity index (χ0v) is 27.7. The summed E-state index contributed by atoms with van der Waals surface area (Å²) in [5.41, 5.74) is 17.0. The van der Waals surface area contributed by atoms with E-state index in [2.05, 4.69) is 183 Å². The second-order valence-electron chi connectivity index (χ2n) is 14.2. The lowest BCUT2D eigenvalue weighted by Crippen LogP contribution is -2.22. The Labute approximate surface area is 291 Å². The van der Waals surface area contributed by atoms with Crippen molar-refractivity contribution in [2.45, 2.75) is 12.3 Å². The third-order valence-corrected chi connectivity index (χ3v) is 11.6. The van der Waals surface area contributed by atoms with E-state index in [1.54, 1.807) is 0 Å². The number of fused-ring (bicyclic) bond motifs is 8. The van der Waals surface area contributed by atoms with E-state index in [0.29, 0.717) is 0 Å². The molecule has 0 aromatic heterocycles. The van der Waals surface area contributed by atoms with Crippen LogP contribution in [0.2, 0.25) is 0 Å². The van der Waals surface area contributed by atoms with E-state index in [-0.39, 0.29) is 5.41 Å². The molecule has 0 nitrogen and oxygen atoms in total. The molecule has 9 aromatic carbocycles. The Bertz CT molecular complexity index is 2850. The van der Waals surface area contributed by atoms with Crippen LogP contribution in [-0.2, 0) is 5.41 Å². The fourth-order valence-electron chi connectivity index (χ4n) is 9.24. The van der Waals surface area contributed by atoms with E-state index in [4.69, 9.17) is 0 Å². The van der Waals surface area contributed by atoms with Crippen LogP contribution >= 0.6 is 0 Å². The first-order valence-corrected chi connectivity index (χ1v) is 17.6. The van der Waals surface area contributed by atoms with Crippen LogP contribution in [0.5, 0.6) is 0 Å². The Kier molecular flexibility index (Phi) is 5.61. The molecule has 1 atom stereocenters. The molecule has 9 aromatic rings. The molecule has 0 fully saturated rings. The third kappa shape index (κ3) is 3.71. The van der Waals surface area contributed by atoms with Gasteiger partial charge in [-0.3, -0.25) is 0 Å². The van der Waals surface area contributed by atoms with Gasteiger partial charge in [0.1, 0.15) is 0 Å². The molecule has 11 rings (SSSR count). The van der Waals surface area contributed by atoms with Gasteiger partial charge in [-0.05, 0) is 136 Å². The van der Waals surface area contributed by atoms with Crippen LogP contribution in [0.25, 0.3) is 88.0 Å². The van der Waals surface area contributed by atoms with Crippen LogP contribution in [0, 0.1) is 0 Å². The van der Waals surface area contributed by atoms with Crippen molar-refractivity contribution in [2.24, 2.45) is 0 Å². The highest BCUT2D eigenvalue weighted by atomic mass is 14.4. The molecule has 2 aliphatic carbocycles. The van der Waals surface area contributed by atoms with Crippen molar-refractivity contribution in [1.82, 2.24) is 0 Å². The predicted molar refractivity (Wildman–Crippen MR) is 212 cm³/mol. The van der Waals surface area contributed by atoms with Crippen LogP contribution in [0.1, 0.15) is 23.6 Å². The van der Waals surface area contributed by atoms with Gasteiger partial charge in [-0.2, -0.15) is 0 Å². The van der Waals surface area contributed by atoms with Crippen molar-refractivity contribution in [2.75, 3.05) is 0 Å². The Morgan fingerprint density at radius 3 is 1.86 bits per heavy atom. The fourth-order valence-corrected chi connectivity index (χ4v) is 9.24. The summed E-state index contributed by atoms with van der Waals surface area (Å²) in [6, 6.07) is 65.8. The summed E-state index contributed by atoms with van der Waals surface area (Å²) in [6.07, 6.45) is 0. The lowest BCUT2D eigenvalue weighted by atomic mass is 9.74. The van der Waals surface area contributed by atoms with Crippen molar-refractivity contribution >= 4 is 32.3 Å². The highest BCUT2D eigenvalue weighted by Gasteiger charge is 2.40. The van der Waals surface area contributed by atoms with Crippen molar-refractivity contribution in [3.8, 4) is 55.6 Å². The SMILES string of the molecule is CC1(c2ccccc2)c2ccccc2-c2cc3ccc(-c4ccc(-c5c6c(cc7ccccc57)-c5cccc7cccc-6c57)cc4)cc3cc21. The Morgan fingerprint density at radius 2 is 1.00 bits per heavy atom.